The number of thiazole rings is 1. The van der Waals surface area contributed by atoms with E-state index < -0.39 is 17.6 Å². The Morgan fingerprint density at radius 2 is 2.18 bits per heavy atom. The molecular weight excluding hydrogens is 372 g/mol. The molecule has 6 heteroatoms. The van der Waals surface area contributed by atoms with Crippen molar-refractivity contribution in [2.24, 2.45) is 0 Å². The molecule has 1 atom stereocenters. The van der Waals surface area contributed by atoms with Gasteiger partial charge >= 0.3 is 6.09 Å². The lowest BCUT2D eigenvalue weighted by Gasteiger charge is -2.27. The van der Waals surface area contributed by atoms with Gasteiger partial charge in [0.2, 0.25) is 0 Å². The fourth-order valence-electron chi connectivity index (χ4n) is 2.37. The number of hydrogen-bond donors (Lipinski definition) is 2. The van der Waals surface area contributed by atoms with Crippen molar-refractivity contribution in [3.8, 4) is 0 Å². The van der Waals surface area contributed by atoms with E-state index in [2.05, 4.69) is 35.4 Å². The summed E-state index contributed by atoms with van der Waals surface area (Å²) in [5.41, 5.74) is 1.46. The van der Waals surface area contributed by atoms with Crippen LogP contribution in [0.25, 0.3) is 0 Å². The number of hydrogen-bond acceptors (Lipinski definition) is 5. The first kappa shape index (κ1) is 23.9. The summed E-state index contributed by atoms with van der Waals surface area (Å²) in [6.07, 6.45) is 11.6. The molecule has 0 spiro atoms. The van der Waals surface area contributed by atoms with E-state index in [0.717, 1.165) is 29.1 Å². The number of allylic oxidation sites excluding steroid dienone is 4. The summed E-state index contributed by atoms with van der Waals surface area (Å²) in [5.74, 6) is 0. The van der Waals surface area contributed by atoms with Gasteiger partial charge in [-0.25, -0.2) is 9.78 Å². The number of ether oxygens (including phenoxy) is 1. The second-order valence-electron chi connectivity index (χ2n) is 7.05. The lowest BCUT2D eigenvalue weighted by molar-refractivity contribution is 0.102. The van der Waals surface area contributed by atoms with Crippen LogP contribution in [-0.2, 0) is 16.6 Å². The zero-order chi connectivity index (χ0) is 21.0. The Morgan fingerprint density at radius 3 is 2.86 bits per heavy atom. The van der Waals surface area contributed by atoms with Gasteiger partial charge in [0.1, 0.15) is 5.01 Å². The Hall–Kier alpha value is -2.18. The lowest BCUT2D eigenvalue weighted by atomic mass is 9.85. The van der Waals surface area contributed by atoms with Crippen molar-refractivity contribution in [3.63, 3.8) is 0 Å². The molecule has 1 aromatic rings. The number of carbonyl (C=O) groups is 1. The molecule has 5 nitrogen and oxygen atoms in total. The van der Waals surface area contributed by atoms with E-state index in [-0.39, 0.29) is 0 Å². The van der Waals surface area contributed by atoms with E-state index >= 15 is 0 Å². The van der Waals surface area contributed by atoms with Gasteiger partial charge in [0, 0.05) is 23.8 Å². The van der Waals surface area contributed by atoms with E-state index in [9.17, 15) is 9.90 Å². The Bertz CT molecular complexity index is 704. The number of carbonyl (C=O) groups excluding carboxylic acids is 1. The van der Waals surface area contributed by atoms with Crippen LogP contribution in [0, 0.1) is 0 Å². The van der Waals surface area contributed by atoms with Crippen LogP contribution in [0.2, 0.25) is 0 Å². The largest absolute Gasteiger partial charge is 0.453 e. The molecule has 0 aromatic carbocycles. The van der Waals surface area contributed by atoms with Crippen LogP contribution in [0.1, 0.15) is 43.8 Å². The van der Waals surface area contributed by atoms with Gasteiger partial charge in [-0.15, -0.1) is 17.9 Å². The molecular formula is C22H32N2O3S. The number of amides is 1. The molecule has 0 aliphatic heterocycles. The Kier molecular flexibility index (Phi) is 10.5. The van der Waals surface area contributed by atoms with Crippen molar-refractivity contribution in [1.82, 2.24) is 10.3 Å². The first-order valence-corrected chi connectivity index (χ1v) is 10.2. The van der Waals surface area contributed by atoms with Gasteiger partial charge in [-0.1, -0.05) is 56.4 Å². The molecule has 0 aliphatic rings. The number of rotatable bonds is 12. The van der Waals surface area contributed by atoms with Crippen molar-refractivity contribution in [2.45, 2.75) is 51.0 Å². The first-order chi connectivity index (χ1) is 13.3. The molecule has 28 heavy (non-hydrogen) atoms. The second kappa shape index (κ2) is 12.3. The molecule has 0 bridgehead atoms. The second-order valence-corrected chi connectivity index (χ2v) is 7.90. The summed E-state index contributed by atoms with van der Waals surface area (Å²) in [4.78, 5) is 15.7. The molecule has 0 unspecified atom stereocenters. The maximum atomic E-state index is 11.0. The van der Waals surface area contributed by atoms with E-state index in [1.165, 1.54) is 7.11 Å². The number of nitrogens with zero attached hydrogens (tertiary/aromatic N) is 1. The molecule has 0 aliphatic carbocycles. The first-order valence-electron chi connectivity index (χ1n) is 9.36. The molecule has 2 N–H and O–H groups in total. The van der Waals surface area contributed by atoms with Crippen molar-refractivity contribution in [3.05, 3.63) is 65.2 Å². The average molecular weight is 405 g/mol. The molecule has 1 amide bonds. The Morgan fingerprint density at radius 1 is 1.43 bits per heavy atom. The summed E-state index contributed by atoms with van der Waals surface area (Å²) >= 11 is 1.59. The van der Waals surface area contributed by atoms with Gasteiger partial charge in [0.05, 0.1) is 18.9 Å². The van der Waals surface area contributed by atoms with Crippen molar-refractivity contribution >= 4 is 17.4 Å². The zero-order valence-corrected chi connectivity index (χ0v) is 17.9. The number of aromatic nitrogens is 1. The summed E-state index contributed by atoms with van der Waals surface area (Å²) < 4.78 is 4.51. The van der Waals surface area contributed by atoms with Gasteiger partial charge in [0.25, 0.3) is 0 Å². The molecule has 0 radical (unpaired) electrons. The Labute approximate surface area is 172 Å². The standard InChI is InChI=1S/C22H32N2O3S/c1-6-7-8-9-12-18-16-28-20(24-18)22(3,4)19(25)13-10-11-17(2)14-15-23-21(26)27-5/h6,8-11,16,19,25H,1-2,7,12-15H2,3-5H3,(H,23,26)/b9-8+,11-10+/t19-/m1/s1. The highest BCUT2D eigenvalue weighted by Gasteiger charge is 2.32. The SMILES string of the molecule is C=CC/C=C/Cc1csc(C(C)(C)[C@H](O)C/C=C/C(=C)CCNC(=O)OC)n1. The van der Waals surface area contributed by atoms with Gasteiger partial charge in [-0.3, -0.25) is 0 Å². The minimum atomic E-state index is -0.556. The third-order valence-corrected chi connectivity index (χ3v) is 5.58. The van der Waals surface area contributed by atoms with Crippen LogP contribution in [0.3, 0.4) is 0 Å². The van der Waals surface area contributed by atoms with E-state index in [1.54, 1.807) is 11.3 Å². The normalized spacial score (nSPS) is 13.0. The van der Waals surface area contributed by atoms with Crippen molar-refractivity contribution in [1.29, 1.82) is 0 Å². The number of nitrogens with one attached hydrogen (secondary N) is 1. The zero-order valence-electron chi connectivity index (χ0n) is 17.1. The fourth-order valence-corrected chi connectivity index (χ4v) is 3.38. The molecule has 154 valence electrons. The van der Waals surface area contributed by atoms with E-state index in [4.69, 9.17) is 4.98 Å². The van der Waals surface area contributed by atoms with Crippen molar-refractivity contribution < 1.29 is 14.6 Å². The third-order valence-electron chi connectivity index (χ3n) is 4.35. The van der Waals surface area contributed by atoms with E-state index in [0.29, 0.717) is 19.4 Å². The topological polar surface area (TPSA) is 71.5 Å². The maximum absolute atomic E-state index is 11.0. The minimum Gasteiger partial charge on any atom is -0.453 e. The van der Waals surface area contributed by atoms with Gasteiger partial charge in [-0.2, -0.15) is 0 Å². The summed E-state index contributed by atoms with van der Waals surface area (Å²) in [5, 5.41) is 16.3. The van der Waals surface area contributed by atoms with Crippen LogP contribution in [-0.4, -0.2) is 35.9 Å². The molecule has 1 heterocycles. The van der Waals surface area contributed by atoms with Crippen LogP contribution < -0.4 is 5.32 Å². The number of alkyl carbamates (subject to hydrolysis) is 1. The molecule has 0 saturated carbocycles. The van der Waals surface area contributed by atoms with Crippen LogP contribution in [0.5, 0.6) is 0 Å². The molecule has 0 fully saturated rings. The smallest absolute Gasteiger partial charge is 0.406 e. The van der Waals surface area contributed by atoms with Crippen LogP contribution >= 0.6 is 11.3 Å². The monoisotopic (exact) mass is 404 g/mol. The molecule has 0 saturated heterocycles. The number of aliphatic hydroxyl groups excluding tert-OH is 1. The number of methoxy groups -OCH3 is 1. The minimum absolute atomic E-state index is 0.439. The predicted molar refractivity (Wildman–Crippen MR) is 117 cm³/mol. The van der Waals surface area contributed by atoms with Gasteiger partial charge < -0.3 is 15.2 Å². The van der Waals surface area contributed by atoms with E-state index in [1.807, 2.05) is 37.5 Å². The maximum Gasteiger partial charge on any atom is 0.406 e. The lowest BCUT2D eigenvalue weighted by Crippen LogP contribution is -2.33. The third kappa shape index (κ3) is 8.23. The highest BCUT2D eigenvalue weighted by atomic mass is 32.1. The summed E-state index contributed by atoms with van der Waals surface area (Å²) in [7, 11) is 1.33. The average Bonchev–Trinajstić information content (AvgIpc) is 3.14. The highest BCUT2D eigenvalue weighted by molar-refractivity contribution is 7.09. The van der Waals surface area contributed by atoms with Gasteiger partial charge in [0.15, 0.2) is 0 Å². The van der Waals surface area contributed by atoms with Crippen LogP contribution in [0.15, 0.2) is 54.5 Å². The fraction of sp³-hybridized carbons (Fsp3) is 0.455. The van der Waals surface area contributed by atoms with Crippen molar-refractivity contribution in [2.75, 3.05) is 13.7 Å². The predicted octanol–water partition coefficient (Wildman–Crippen LogP) is 4.71. The Balaban J connectivity index is 2.52. The summed E-state index contributed by atoms with van der Waals surface area (Å²) in [6, 6.07) is 0. The molecule has 1 rings (SSSR count). The number of aliphatic hydroxyl groups is 1. The van der Waals surface area contributed by atoms with Gasteiger partial charge in [-0.05, 0) is 19.3 Å². The molecule has 1 aromatic heterocycles. The quantitative estimate of drug-likeness (QED) is 0.391. The highest BCUT2D eigenvalue weighted by Crippen LogP contribution is 2.31. The van der Waals surface area contributed by atoms with Crippen LogP contribution in [0.4, 0.5) is 4.79 Å². The summed E-state index contributed by atoms with van der Waals surface area (Å²) in [6.45, 7) is 12.1.